The van der Waals surface area contributed by atoms with Gasteiger partial charge in [0.05, 0.1) is 23.9 Å². The summed E-state index contributed by atoms with van der Waals surface area (Å²) in [6, 6.07) is 3.66. The smallest absolute Gasteiger partial charge is 0.231 e. The number of nitrogens with zero attached hydrogens (tertiary/aromatic N) is 3. The van der Waals surface area contributed by atoms with Gasteiger partial charge in [0.1, 0.15) is 5.69 Å². The van der Waals surface area contributed by atoms with Crippen LogP contribution in [0.2, 0.25) is 5.02 Å². The lowest BCUT2D eigenvalue weighted by Crippen LogP contribution is -2.00. The largest absolute Gasteiger partial charge is 0.454 e. The topological polar surface area (TPSA) is 69.4 Å². The van der Waals surface area contributed by atoms with E-state index >= 15 is 0 Å². The Bertz CT molecular complexity index is 612. The number of halogens is 1. The number of rotatable bonds is 3. The molecule has 1 aliphatic heterocycles. The van der Waals surface area contributed by atoms with Crippen LogP contribution in [0, 0.1) is 0 Å². The molecule has 1 atom stereocenters. The summed E-state index contributed by atoms with van der Waals surface area (Å²) in [6.07, 6.45) is 1.07. The Labute approximate surface area is 114 Å². The highest BCUT2D eigenvalue weighted by Crippen LogP contribution is 2.39. The van der Waals surface area contributed by atoms with Crippen LogP contribution in [0.5, 0.6) is 11.5 Å². The van der Waals surface area contributed by atoms with E-state index in [0.717, 1.165) is 5.56 Å². The number of hydrogen-bond acceptors (Lipinski definition) is 5. The van der Waals surface area contributed by atoms with E-state index in [1.165, 1.54) is 0 Å². The lowest BCUT2D eigenvalue weighted by Gasteiger charge is -2.04. The van der Waals surface area contributed by atoms with E-state index in [4.69, 9.17) is 21.1 Å². The third-order valence-electron chi connectivity index (χ3n) is 2.82. The summed E-state index contributed by atoms with van der Waals surface area (Å²) < 4.78 is 12.2. The molecule has 19 heavy (non-hydrogen) atoms. The van der Waals surface area contributed by atoms with Gasteiger partial charge in [0, 0.05) is 0 Å². The average molecular weight is 282 g/mol. The molecule has 0 fully saturated rings. The Balaban J connectivity index is 1.85. The standard InChI is InChI=1S/C12H12ClN3O3/c1-7(17)10-5-16(15-14-10)4-8-2-9(13)12-11(3-8)18-6-19-12/h2-3,5,7,17H,4,6H2,1H3. The van der Waals surface area contributed by atoms with Crippen molar-refractivity contribution in [3.63, 3.8) is 0 Å². The van der Waals surface area contributed by atoms with Gasteiger partial charge in [0.2, 0.25) is 6.79 Å². The number of aliphatic hydroxyl groups excluding tert-OH is 1. The third-order valence-corrected chi connectivity index (χ3v) is 3.10. The molecule has 7 heteroatoms. The van der Waals surface area contributed by atoms with Crippen LogP contribution in [-0.4, -0.2) is 26.9 Å². The molecule has 0 saturated carbocycles. The summed E-state index contributed by atoms with van der Waals surface area (Å²) in [6.45, 7) is 2.33. The maximum Gasteiger partial charge on any atom is 0.231 e. The second kappa shape index (κ2) is 4.71. The number of fused-ring (bicyclic) bond motifs is 1. The zero-order valence-electron chi connectivity index (χ0n) is 10.2. The molecule has 2 heterocycles. The lowest BCUT2D eigenvalue weighted by atomic mass is 10.2. The Kier molecular flexibility index (Phi) is 3.04. The molecular formula is C12H12ClN3O3. The first-order valence-corrected chi connectivity index (χ1v) is 6.17. The number of benzene rings is 1. The summed E-state index contributed by atoms with van der Waals surface area (Å²) in [5, 5.41) is 17.7. The maximum absolute atomic E-state index is 9.40. The van der Waals surface area contributed by atoms with Crippen molar-refractivity contribution in [2.24, 2.45) is 0 Å². The summed E-state index contributed by atoms with van der Waals surface area (Å²) >= 11 is 6.11. The Morgan fingerprint density at radius 1 is 1.47 bits per heavy atom. The summed E-state index contributed by atoms with van der Waals surface area (Å²) in [5.41, 5.74) is 1.46. The fourth-order valence-electron chi connectivity index (χ4n) is 1.88. The number of aromatic nitrogens is 3. The molecule has 6 nitrogen and oxygen atoms in total. The van der Waals surface area contributed by atoms with Crippen LogP contribution >= 0.6 is 11.6 Å². The van der Waals surface area contributed by atoms with Crippen molar-refractivity contribution in [2.45, 2.75) is 19.6 Å². The molecule has 0 saturated heterocycles. The third kappa shape index (κ3) is 2.36. The highest BCUT2D eigenvalue weighted by atomic mass is 35.5. The first-order valence-electron chi connectivity index (χ1n) is 5.79. The van der Waals surface area contributed by atoms with Gasteiger partial charge in [-0.2, -0.15) is 0 Å². The van der Waals surface area contributed by atoms with Gasteiger partial charge in [0.15, 0.2) is 11.5 Å². The van der Waals surface area contributed by atoms with E-state index in [1.807, 2.05) is 6.07 Å². The SMILES string of the molecule is CC(O)c1cn(Cc2cc(Cl)c3c(c2)OCO3)nn1. The highest BCUT2D eigenvalue weighted by Gasteiger charge is 2.18. The molecule has 1 aliphatic rings. The van der Waals surface area contributed by atoms with Crippen molar-refractivity contribution in [1.82, 2.24) is 15.0 Å². The van der Waals surface area contributed by atoms with E-state index in [9.17, 15) is 5.11 Å². The summed E-state index contributed by atoms with van der Waals surface area (Å²) in [5.74, 6) is 1.21. The van der Waals surface area contributed by atoms with Crippen LogP contribution in [-0.2, 0) is 6.54 Å². The van der Waals surface area contributed by atoms with Crippen molar-refractivity contribution >= 4 is 11.6 Å². The molecule has 0 aliphatic carbocycles. The first kappa shape index (κ1) is 12.3. The van der Waals surface area contributed by atoms with Crippen molar-refractivity contribution < 1.29 is 14.6 Å². The van der Waals surface area contributed by atoms with E-state index in [0.29, 0.717) is 28.8 Å². The Morgan fingerprint density at radius 3 is 3.05 bits per heavy atom. The molecule has 3 rings (SSSR count). The van der Waals surface area contributed by atoms with Crippen LogP contribution in [0.4, 0.5) is 0 Å². The van der Waals surface area contributed by atoms with E-state index in [-0.39, 0.29) is 6.79 Å². The molecule has 0 amide bonds. The maximum atomic E-state index is 9.40. The molecule has 1 N–H and O–H groups in total. The number of hydrogen-bond donors (Lipinski definition) is 1. The molecule has 100 valence electrons. The summed E-state index contributed by atoms with van der Waals surface area (Å²) in [4.78, 5) is 0. The first-order chi connectivity index (χ1) is 9.13. The minimum absolute atomic E-state index is 0.188. The number of ether oxygens (including phenoxy) is 2. The minimum atomic E-state index is -0.630. The van der Waals surface area contributed by atoms with Gasteiger partial charge in [0.25, 0.3) is 0 Å². The molecule has 1 aromatic heterocycles. The van der Waals surface area contributed by atoms with E-state index < -0.39 is 6.10 Å². The van der Waals surface area contributed by atoms with Gasteiger partial charge >= 0.3 is 0 Å². The predicted molar refractivity (Wildman–Crippen MR) is 67.3 cm³/mol. The van der Waals surface area contributed by atoms with Crippen LogP contribution in [0.3, 0.4) is 0 Å². The van der Waals surface area contributed by atoms with Crippen molar-refractivity contribution in [3.8, 4) is 11.5 Å². The Morgan fingerprint density at radius 2 is 2.32 bits per heavy atom. The van der Waals surface area contributed by atoms with Crippen molar-refractivity contribution in [3.05, 3.63) is 34.6 Å². The molecule has 1 unspecified atom stereocenters. The molecule has 0 radical (unpaired) electrons. The number of aliphatic hydroxyl groups is 1. The van der Waals surface area contributed by atoms with Gasteiger partial charge in [-0.25, -0.2) is 4.68 Å². The van der Waals surface area contributed by atoms with Crippen LogP contribution < -0.4 is 9.47 Å². The van der Waals surface area contributed by atoms with Crippen LogP contribution in [0.25, 0.3) is 0 Å². The zero-order valence-corrected chi connectivity index (χ0v) is 11.0. The van der Waals surface area contributed by atoms with E-state index in [2.05, 4.69) is 10.3 Å². The molecule has 2 aromatic rings. The van der Waals surface area contributed by atoms with Gasteiger partial charge in [-0.15, -0.1) is 5.10 Å². The normalized spacial score (nSPS) is 14.7. The molecule has 0 spiro atoms. The molecule has 0 bridgehead atoms. The lowest BCUT2D eigenvalue weighted by molar-refractivity contribution is 0.174. The van der Waals surface area contributed by atoms with Gasteiger partial charge in [-0.3, -0.25) is 0 Å². The van der Waals surface area contributed by atoms with Gasteiger partial charge < -0.3 is 14.6 Å². The Hall–Kier alpha value is -1.79. The highest BCUT2D eigenvalue weighted by molar-refractivity contribution is 6.32. The second-order valence-corrected chi connectivity index (χ2v) is 4.74. The second-order valence-electron chi connectivity index (χ2n) is 4.33. The fraction of sp³-hybridized carbons (Fsp3) is 0.333. The average Bonchev–Trinajstić information content (AvgIpc) is 2.97. The van der Waals surface area contributed by atoms with Crippen molar-refractivity contribution in [1.29, 1.82) is 0 Å². The quantitative estimate of drug-likeness (QED) is 0.928. The predicted octanol–water partition coefficient (Wildman–Crippen LogP) is 1.76. The van der Waals surface area contributed by atoms with E-state index in [1.54, 1.807) is 23.9 Å². The zero-order chi connectivity index (χ0) is 13.4. The fourth-order valence-corrected chi connectivity index (χ4v) is 2.17. The van der Waals surface area contributed by atoms with Crippen molar-refractivity contribution in [2.75, 3.05) is 6.79 Å². The summed E-state index contributed by atoms with van der Waals surface area (Å²) in [7, 11) is 0. The van der Waals surface area contributed by atoms with Crippen LogP contribution in [0.1, 0.15) is 24.3 Å². The minimum Gasteiger partial charge on any atom is -0.454 e. The molecule has 1 aromatic carbocycles. The van der Waals surface area contributed by atoms with Gasteiger partial charge in [-0.05, 0) is 24.6 Å². The van der Waals surface area contributed by atoms with Crippen LogP contribution in [0.15, 0.2) is 18.3 Å². The van der Waals surface area contributed by atoms with Gasteiger partial charge in [-0.1, -0.05) is 16.8 Å². The monoisotopic (exact) mass is 281 g/mol. The molecular weight excluding hydrogens is 270 g/mol.